The van der Waals surface area contributed by atoms with Crippen LogP contribution in [-0.2, 0) is 20.7 Å². The van der Waals surface area contributed by atoms with Gasteiger partial charge in [0.25, 0.3) is 0 Å². The van der Waals surface area contributed by atoms with Gasteiger partial charge < -0.3 is 20.9 Å². The van der Waals surface area contributed by atoms with E-state index in [1.54, 1.807) is 19.2 Å². The molecule has 0 fully saturated rings. The van der Waals surface area contributed by atoms with Gasteiger partial charge in [-0.25, -0.2) is 4.79 Å². The Hall–Kier alpha value is -2.08. The van der Waals surface area contributed by atoms with Crippen molar-refractivity contribution in [3.63, 3.8) is 0 Å². The van der Waals surface area contributed by atoms with Gasteiger partial charge in [0.2, 0.25) is 5.91 Å². The molecule has 6 nitrogen and oxygen atoms in total. The van der Waals surface area contributed by atoms with Crippen LogP contribution in [0.4, 0.5) is 5.69 Å². The summed E-state index contributed by atoms with van der Waals surface area (Å²) >= 11 is 0. The van der Waals surface area contributed by atoms with Crippen LogP contribution in [-0.4, -0.2) is 36.7 Å². The van der Waals surface area contributed by atoms with Crippen LogP contribution in [0.1, 0.15) is 24.8 Å². The van der Waals surface area contributed by atoms with Gasteiger partial charge >= 0.3 is 5.97 Å². The maximum absolute atomic E-state index is 11.8. The van der Waals surface area contributed by atoms with E-state index in [1.165, 1.54) is 0 Å². The van der Waals surface area contributed by atoms with Crippen LogP contribution in [0, 0.1) is 0 Å². The zero-order chi connectivity index (χ0) is 15.7. The van der Waals surface area contributed by atoms with Crippen LogP contribution in [0.15, 0.2) is 24.3 Å². The zero-order valence-electron chi connectivity index (χ0n) is 12.2. The first-order valence-corrected chi connectivity index (χ1v) is 6.88. The van der Waals surface area contributed by atoms with E-state index in [0.717, 1.165) is 5.56 Å². The Balaban J connectivity index is 2.41. The maximum Gasteiger partial charge on any atom is 0.326 e. The number of nitrogens with two attached hydrogens (primary N) is 1. The number of hydrogen-bond acceptors (Lipinski definition) is 4. The third-order valence-corrected chi connectivity index (χ3v) is 3.07. The van der Waals surface area contributed by atoms with Gasteiger partial charge in [-0.2, -0.15) is 0 Å². The van der Waals surface area contributed by atoms with Crippen molar-refractivity contribution in [3.05, 3.63) is 29.8 Å². The van der Waals surface area contributed by atoms with E-state index in [0.29, 0.717) is 31.6 Å². The molecule has 0 bridgehead atoms. The molecule has 0 heterocycles. The highest BCUT2D eigenvalue weighted by Gasteiger charge is 2.19. The minimum absolute atomic E-state index is 0.234. The minimum Gasteiger partial charge on any atom is -0.480 e. The standard InChI is InChI=1S/C15H22N2O4/c1-21-9-3-6-13(15(19)20)17-14(18)8-7-11-4-2-5-12(16)10-11/h2,4-5,10,13H,3,6-9,16H2,1H3,(H,17,18)(H,19,20). The van der Waals surface area contributed by atoms with E-state index in [1.807, 2.05) is 12.1 Å². The van der Waals surface area contributed by atoms with E-state index >= 15 is 0 Å². The number of carboxylic acids is 1. The number of amides is 1. The Morgan fingerprint density at radius 3 is 2.81 bits per heavy atom. The normalized spacial score (nSPS) is 11.9. The summed E-state index contributed by atoms with van der Waals surface area (Å²) < 4.78 is 4.88. The molecular weight excluding hydrogens is 272 g/mol. The number of ether oxygens (including phenoxy) is 1. The Labute approximate surface area is 124 Å². The molecule has 0 aliphatic rings. The molecule has 0 saturated heterocycles. The first-order chi connectivity index (χ1) is 10.0. The SMILES string of the molecule is COCCCC(NC(=O)CCc1cccc(N)c1)C(=O)O. The molecule has 21 heavy (non-hydrogen) atoms. The molecular formula is C15H22N2O4. The van der Waals surface area contributed by atoms with Crippen molar-refractivity contribution >= 4 is 17.6 Å². The summed E-state index contributed by atoms with van der Waals surface area (Å²) in [6, 6.07) is 6.43. The Morgan fingerprint density at radius 2 is 2.19 bits per heavy atom. The van der Waals surface area contributed by atoms with E-state index in [2.05, 4.69) is 5.32 Å². The Morgan fingerprint density at radius 1 is 1.43 bits per heavy atom. The molecule has 0 saturated carbocycles. The lowest BCUT2D eigenvalue weighted by atomic mass is 10.1. The summed E-state index contributed by atoms with van der Waals surface area (Å²) in [5, 5.41) is 11.6. The molecule has 0 aromatic heterocycles. The second kappa shape index (κ2) is 8.97. The number of aryl methyl sites for hydroxylation is 1. The number of benzene rings is 1. The minimum atomic E-state index is -1.02. The number of methoxy groups -OCH3 is 1. The number of aliphatic carboxylic acids is 1. The van der Waals surface area contributed by atoms with Crippen molar-refractivity contribution in [1.29, 1.82) is 0 Å². The fraction of sp³-hybridized carbons (Fsp3) is 0.467. The average Bonchev–Trinajstić information content (AvgIpc) is 2.44. The van der Waals surface area contributed by atoms with Crippen molar-refractivity contribution < 1.29 is 19.4 Å². The number of nitrogen functional groups attached to an aromatic ring is 1. The fourth-order valence-corrected chi connectivity index (χ4v) is 1.96. The summed E-state index contributed by atoms with van der Waals surface area (Å²) in [4.78, 5) is 22.9. The molecule has 1 unspecified atom stereocenters. The summed E-state index contributed by atoms with van der Waals surface area (Å²) in [7, 11) is 1.56. The molecule has 6 heteroatoms. The van der Waals surface area contributed by atoms with Gasteiger partial charge in [-0.1, -0.05) is 12.1 Å². The summed E-state index contributed by atoms with van der Waals surface area (Å²) in [6.45, 7) is 0.475. The van der Waals surface area contributed by atoms with Crippen molar-refractivity contribution in [2.75, 3.05) is 19.5 Å². The second-order valence-electron chi connectivity index (χ2n) is 4.84. The molecule has 4 N–H and O–H groups in total. The summed E-state index contributed by atoms with van der Waals surface area (Å²) in [6.07, 6.45) is 1.70. The van der Waals surface area contributed by atoms with Crippen LogP contribution in [0.5, 0.6) is 0 Å². The summed E-state index contributed by atoms with van der Waals surface area (Å²) in [5.74, 6) is -1.30. The van der Waals surface area contributed by atoms with E-state index < -0.39 is 12.0 Å². The fourth-order valence-electron chi connectivity index (χ4n) is 1.96. The summed E-state index contributed by atoms with van der Waals surface area (Å²) in [5.41, 5.74) is 7.27. The highest BCUT2D eigenvalue weighted by Crippen LogP contribution is 2.09. The van der Waals surface area contributed by atoms with Crippen molar-refractivity contribution in [1.82, 2.24) is 5.32 Å². The number of rotatable bonds is 9. The number of carboxylic acid groups (broad SMARTS) is 1. The van der Waals surface area contributed by atoms with Crippen LogP contribution in [0.2, 0.25) is 0 Å². The number of carbonyl (C=O) groups is 2. The van der Waals surface area contributed by atoms with Gasteiger partial charge in [-0.15, -0.1) is 0 Å². The van der Waals surface area contributed by atoms with Crippen LogP contribution in [0.25, 0.3) is 0 Å². The number of hydrogen-bond donors (Lipinski definition) is 3. The predicted octanol–water partition coefficient (Wildman–Crippen LogP) is 1.20. The van der Waals surface area contributed by atoms with Crippen molar-refractivity contribution in [2.24, 2.45) is 0 Å². The highest BCUT2D eigenvalue weighted by molar-refractivity contribution is 5.83. The monoisotopic (exact) mass is 294 g/mol. The lowest BCUT2D eigenvalue weighted by molar-refractivity contribution is -0.142. The van der Waals surface area contributed by atoms with E-state index in [9.17, 15) is 9.59 Å². The van der Waals surface area contributed by atoms with Gasteiger partial charge in [0.1, 0.15) is 6.04 Å². The zero-order valence-corrected chi connectivity index (χ0v) is 12.2. The van der Waals surface area contributed by atoms with Crippen molar-refractivity contribution in [3.8, 4) is 0 Å². The Kier molecular flexibility index (Phi) is 7.25. The maximum atomic E-state index is 11.8. The lowest BCUT2D eigenvalue weighted by Crippen LogP contribution is -2.41. The topological polar surface area (TPSA) is 102 Å². The van der Waals surface area contributed by atoms with E-state index in [-0.39, 0.29) is 12.3 Å². The smallest absolute Gasteiger partial charge is 0.326 e. The van der Waals surface area contributed by atoms with Gasteiger partial charge in [0, 0.05) is 25.8 Å². The van der Waals surface area contributed by atoms with Crippen LogP contribution >= 0.6 is 0 Å². The third kappa shape index (κ3) is 6.76. The molecule has 0 radical (unpaired) electrons. The largest absolute Gasteiger partial charge is 0.480 e. The van der Waals surface area contributed by atoms with Gasteiger partial charge in [0.05, 0.1) is 0 Å². The van der Waals surface area contributed by atoms with Crippen LogP contribution in [0.3, 0.4) is 0 Å². The highest BCUT2D eigenvalue weighted by atomic mass is 16.5. The molecule has 0 spiro atoms. The van der Waals surface area contributed by atoms with Crippen LogP contribution < -0.4 is 11.1 Å². The van der Waals surface area contributed by atoms with Gasteiger partial charge in [-0.3, -0.25) is 4.79 Å². The Bertz CT molecular complexity index is 476. The first kappa shape index (κ1) is 17.0. The molecule has 1 aromatic rings. The average molecular weight is 294 g/mol. The van der Waals surface area contributed by atoms with Gasteiger partial charge in [-0.05, 0) is 37.0 Å². The quantitative estimate of drug-likeness (QED) is 0.469. The lowest BCUT2D eigenvalue weighted by Gasteiger charge is -2.14. The molecule has 1 aromatic carbocycles. The number of anilines is 1. The van der Waals surface area contributed by atoms with Gasteiger partial charge in [0.15, 0.2) is 0 Å². The first-order valence-electron chi connectivity index (χ1n) is 6.88. The molecule has 0 aliphatic carbocycles. The second-order valence-corrected chi connectivity index (χ2v) is 4.84. The van der Waals surface area contributed by atoms with E-state index in [4.69, 9.17) is 15.6 Å². The molecule has 0 aliphatic heterocycles. The third-order valence-electron chi connectivity index (χ3n) is 3.07. The predicted molar refractivity (Wildman–Crippen MR) is 79.9 cm³/mol. The molecule has 116 valence electrons. The number of nitrogens with one attached hydrogen (secondary N) is 1. The number of carbonyl (C=O) groups excluding carboxylic acids is 1. The molecule has 1 atom stereocenters. The molecule has 1 amide bonds. The van der Waals surface area contributed by atoms with Crippen molar-refractivity contribution in [2.45, 2.75) is 31.7 Å². The molecule has 1 rings (SSSR count).